The summed E-state index contributed by atoms with van der Waals surface area (Å²) in [6.07, 6.45) is 0.898. The summed E-state index contributed by atoms with van der Waals surface area (Å²) in [5.41, 5.74) is 7.36. The number of nitrogens with one attached hydrogen (secondary N) is 1. The molecular weight excluding hydrogens is 328 g/mol. The van der Waals surface area contributed by atoms with Crippen LogP contribution in [0.1, 0.15) is 36.2 Å². The van der Waals surface area contributed by atoms with Crippen LogP contribution in [0, 0.1) is 12.8 Å². The van der Waals surface area contributed by atoms with E-state index >= 15 is 0 Å². The number of hydrogen-bond donors (Lipinski definition) is 2. The van der Waals surface area contributed by atoms with Crippen molar-refractivity contribution in [3.05, 3.63) is 33.8 Å². The fourth-order valence-corrected chi connectivity index (χ4v) is 2.25. The van der Waals surface area contributed by atoms with Gasteiger partial charge in [0.15, 0.2) is 0 Å². The Labute approximate surface area is 129 Å². The molecule has 1 aromatic rings. The maximum absolute atomic E-state index is 12.2. The molecule has 0 aliphatic rings. The lowest BCUT2D eigenvalue weighted by Gasteiger charge is -2.19. The Morgan fingerprint density at radius 2 is 2.05 bits per heavy atom. The van der Waals surface area contributed by atoms with Crippen molar-refractivity contribution in [2.24, 2.45) is 11.7 Å². The molecule has 19 heavy (non-hydrogen) atoms. The van der Waals surface area contributed by atoms with Crippen LogP contribution in [0.2, 0.25) is 0 Å². The Morgan fingerprint density at radius 1 is 1.42 bits per heavy atom. The number of benzene rings is 1. The molecule has 3 N–H and O–H groups in total. The molecule has 0 heterocycles. The van der Waals surface area contributed by atoms with E-state index in [9.17, 15) is 4.79 Å². The minimum atomic E-state index is -0.0510. The van der Waals surface area contributed by atoms with Crippen molar-refractivity contribution in [3.8, 4) is 0 Å². The molecule has 0 saturated heterocycles. The van der Waals surface area contributed by atoms with E-state index in [0.717, 1.165) is 16.5 Å². The van der Waals surface area contributed by atoms with E-state index in [1.807, 2.05) is 25.1 Å². The van der Waals surface area contributed by atoms with Crippen molar-refractivity contribution in [2.45, 2.75) is 33.2 Å². The van der Waals surface area contributed by atoms with Gasteiger partial charge in [-0.15, -0.1) is 12.4 Å². The number of hydrogen-bond acceptors (Lipinski definition) is 2. The first-order chi connectivity index (χ1) is 8.43. The van der Waals surface area contributed by atoms with Gasteiger partial charge in [-0.3, -0.25) is 4.79 Å². The van der Waals surface area contributed by atoms with Crippen LogP contribution >= 0.6 is 28.3 Å². The molecule has 1 aromatic carbocycles. The molecule has 0 fully saturated rings. The Bertz CT molecular complexity index is 424. The van der Waals surface area contributed by atoms with Gasteiger partial charge in [0.05, 0.1) is 0 Å². The van der Waals surface area contributed by atoms with Crippen LogP contribution in [0.4, 0.5) is 0 Å². The number of halogens is 2. The van der Waals surface area contributed by atoms with Crippen LogP contribution in [0.15, 0.2) is 22.7 Å². The zero-order chi connectivity index (χ0) is 13.7. The summed E-state index contributed by atoms with van der Waals surface area (Å²) in [5, 5.41) is 3.00. The summed E-state index contributed by atoms with van der Waals surface area (Å²) in [6, 6.07) is 5.74. The minimum absolute atomic E-state index is 0. The topological polar surface area (TPSA) is 55.1 Å². The third kappa shape index (κ3) is 5.93. The lowest BCUT2D eigenvalue weighted by molar-refractivity contribution is 0.0933. The van der Waals surface area contributed by atoms with E-state index in [0.29, 0.717) is 18.0 Å². The Hall–Kier alpha value is -0.580. The summed E-state index contributed by atoms with van der Waals surface area (Å²) >= 11 is 3.38. The van der Waals surface area contributed by atoms with Gasteiger partial charge in [-0.1, -0.05) is 35.8 Å². The summed E-state index contributed by atoms with van der Waals surface area (Å²) in [7, 11) is 0. The number of nitrogens with two attached hydrogens (primary N) is 1. The average molecular weight is 350 g/mol. The van der Waals surface area contributed by atoms with Gasteiger partial charge in [0, 0.05) is 22.6 Å². The van der Waals surface area contributed by atoms with Gasteiger partial charge in [-0.25, -0.2) is 0 Å². The Kier molecular flexibility index (Phi) is 8.30. The first-order valence-corrected chi connectivity index (χ1v) is 7.00. The minimum Gasteiger partial charge on any atom is -0.348 e. The molecule has 1 amide bonds. The van der Waals surface area contributed by atoms with Gasteiger partial charge in [0.2, 0.25) is 0 Å². The van der Waals surface area contributed by atoms with E-state index in [1.54, 1.807) is 0 Å². The van der Waals surface area contributed by atoms with Crippen LogP contribution < -0.4 is 11.1 Å². The van der Waals surface area contributed by atoms with E-state index in [4.69, 9.17) is 5.73 Å². The first-order valence-electron chi connectivity index (χ1n) is 6.21. The molecule has 0 saturated carbocycles. The number of amides is 1. The summed E-state index contributed by atoms with van der Waals surface area (Å²) in [6.45, 7) is 6.65. The standard InChI is InChI=1S/C14H21BrN2O.ClH/c1-9(2)6-12(8-16)17-14(18)13-7-11(15)5-4-10(13)3;/h4-5,7,9,12H,6,8,16H2,1-3H3,(H,17,18);1H. The lowest BCUT2D eigenvalue weighted by atomic mass is 10.0. The van der Waals surface area contributed by atoms with Crippen molar-refractivity contribution >= 4 is 34.2 Å². The maximum Gasteiger partial charge on any atom is 0.251 e. The predicted molar refractivity (Wildman–Crippen MR) is 85.9 cm³/mol. The third-order valence-corrected chi connectivity index (χ3v) is 3.31. The molecule has 1 rings (SSSR count). The highest BCUT2D eigenvalue weighted by molar-refractivity contribution is 9.10. The van der Waals surface area contributed by atoms with Crippen molar-refractivity contribution in [3.63, 3.8) is 0 Å². The zero-order valence-electron chi connectivity index (χ0n) is 11.6. The second-order valence-corrected chi connectivity index (χ2v) is 5.91. The quantitative estimate of drug-likeness (QED) is 0.857. The van der Waals surface area contributed by atoms with E-state index in [1.165, 1.54) is 0 Å². The van der Waals surface area contributed by atoms with Crippen molar-refractivity contribution in [1.82, 2.24) is 5.32 Å². The largest absolute Gasteiger partial charge is 0.348 e. The average Bonchev–Trinajstić information content (AvgIpc) is 2.30. The number of aryl methyl sites for hydroxylation is 1. The molecule has 1 unspecified atom stereocenters. The van der Waals surface area contributed by atoms with Gasteiger partial charge in [0.1, 0.15) is 0 Å². The Morgan fingerprint density at radius 3 is 2.58 bits per heavy atom. The van der Waals surface area contributed by atoms with Crippen molar-refractivity contribution in [1.29, 1.82) is 0 Å². The van der Waals surface area contributed by atoms with Crippen LogP contribution in [0.3, 0.4) is 0 Å². The summed E-state index contributed by atoms with van der Waals surface area (Å²) in [4.78, 5) is 12.2. The van der Waals surface area contributed by atoms with Gasteiger partial charge in [0.25, 0.3) is 5.91 Å². The van der Waals surface area contributed by atoms with E-state index < -0.39 is 0 Å². The third-order valence-electron chi connectivity index (χ3n) is 2.82. The molecule has 0 radical (unpaired) electrons. The molecule has 1 atom stereocenters. The van der Waals surface area contributed by atoms with E-state index in [-0.39, 0.29) is 24.4 Å². The molecule has 108 valence electrons. The molecule has 5 heteroatoms. The SMILES string of the molecule is Cc1ccc(Br)cc1C(=O)NC(CN)CC(C)C.Cl. The highest BCUT2D eigenvalue weighted by atomic mass is 79.9. The van der Waals surface area contributed by atoms with Gasteiger partial charge in [-0.2, -0.15) is 0 Å². The number of carbonyl (C=O) groups excluding carboxylic acids is 1. The normalized spacial score (nSPS) is 11.9. The highest BCUT2D eigenvalue weighted by Crippen LogP contribution is 2.16. The monoisotopic (exact) mass is 348 g/mol. The fourth-order valence-electron chi connectivity index (χ4n) is 1.89. The predicted octanol–water partition coefficient (Wildman–Crippen LogP) is 3.28. The number of rotatable bonds is 5. The molecule has 0 spiro atoms. The Balaban J connectivity index is 0.00000324. The molecular formula is C14H22BrClN2O. The first kappa shape index (κ1) is 18.4. The summed E-state index contributed by atoms with van der Waals surface area (Å²) < 4.78 is 0.909. The molecule has 3 nitrogen and oxygen atoms in total. The van der Waals surface area contributed by atoms with Crippen LogP contribution in [0.25, 0.3) is 0 Å². The van der Waals surface area contributed by atoms with Crippen LogP contribution in [0.5, 0.6) is 0 Å². The molecule has 0 bridgehead atoms. The second kappa shape index (κ2) is 8.56. The zero-order valence-corrected chi connectivity index (χ0v) is 14.0. The van der Waals surface area contributed by atoms with Crippen LogP contribution in [-0.2, 0) is 0 Å². The fraction of sp³-hybridized carbons (Fsp3) is 0.500. The van der Waals surface area contributed by atoms with E-state index in [2.05, 4.69) is 35.1 Å². The van der Waals surface area contributed by atoms with Gasteiger partial charge < -0.3 is 11.1 Å². The lowest BCUT2D eigenvalue weighted by Crippen LogP contribution is -2.41. The van der Waals surface area contributed by atoms with Crippen molar-refractivity contribution < 1.29 is 4.79 Å². The molecule has 0 aliphatic heterocycles. The molecule has 0 aromatic heterocycles. The maximum atomic E-state index is 12.2. The highest BCUT2D eigenvalue weighted by Gasteiger charge is 2.15. The second-order valence-electron chi connectivity index (χ2n) is 4.99. The number of carbonyl (C=O) groups is 1. The summed E-state index contributed by atoms with van der Waals surface area (Å²) in [5.74, 6) is 0.465. The van der Waals surface area contributed by atoms with Gasteiger partial charge in [-0.05, 0) is 37.0 Å². The molecule has 0 aliphatic carbocycles. The van der Waals surface area contributed by atoms with Gasteiger partial charge >= 0.3 is 0 Å². The van der Waals surface area contributed by atoms with Crippen LogP contribution in [-0.4, -0.2) is 18.5 Å². The van der Waals surface area contributed by atoms with Crippen molar-refractivity contribution in [2.75, 3.05) is 6.54 Å². The smallest absolute Gasteiger partial charge is 0.251 e.